The topological polar surface area (TPSA) is 64.9 Å². The first-order valence-corrected chi connectivity index (χ1v) is 10.4. The molecule has 0 bridgehead atoms. The SMILES string of the molecule is COc1ccccc1-n1nnnc1C(NCC=C(F)F)c1ccc(C2CCCC2)cc1. The van der Waals surface area contributed by atoms with Crippen LogP contribution in [0.25, 0.3) is 5.69 Å². The van der Waals surface area contributed by atoms with E-state index in [4.69, 9.17) is 4.74 Å². The lowest BCUT2D eigenvalue weighted by Crippen LogP contribution is -2.26. The monoisotopic (exact) mass is 425 g/mol. The highest BCUT2D eigenvalue weighted by atomic mass is 19.3. The fourth-order valence-electron chi connectivity index (χ4n) is 4.18. The number of benzene rings is 2. The Morgan fingerprint density at radius 2 is 1.90 bits per heavy atom. The van der Waals surface area contributed by atoms with Gasteiger partial charge < -0.3 is 4.74 Å². The number of tetrazole rings is 1. The fraction of sp³-hybridized carbons (Fsp3) is 0.348. The second-order valence-corrected chi connectivity index (χ2v) is 7.60. The van der Waals surface area contributed by atoms with Gasteiger partial charge in [0.1, 0.15) is 11.4 Å². The minimum absolute atomic E-state index is 0.0177. The Labute approximate surface area is 179 Å². The second kappa shape index (κ2) is 9.78. The number of para-hydroxylation sites is 2. The lowest BCUT2D eigenvalue weighted by atomic mass is 9.95. The highest BCUT2D eigenvalue weighted by Crippen LogP contribution is 2.35. The Balaban J connectivity index is 1.69. The van der Waals surface area contributed by atoms with Crippen LogP contribution < -0.4 is 10.1 Å². The third-order valence-corrected chi connectivity index (χ3v) is 5.74. The normalized spacial score (nSPS) is 15.1. The van der Waals surface area contributed by atoms with Crippen LogP contribution in [0.3, 0.4) is 0 Å². The Hall–Kier alpha value is -3.13. The lowest BCUT2D eigenvalue weighted by molar-refractivity contribution is 0.410. The van der Waals surface area contributed by atoms with Gasteiger partial charge in [-0.3, -0.25) is 5.32 Å². The number of halogens is 2. The summed E-state index contributed by atoms with van der Waals surface area (Å²) in [4.78, 5) is 0. The van der Waals surface area contributed by atoms with Gasteiger partial charge in [0, 0.05) is 6.54 Å². The van der Waals surface area contributed by atoms with Crippen LogP contribution in [0, 0.1) is 0 Å². The van der Waals surface area contributed by atoms with E-state index < -0.39 is 12.1 Å². The zero-order valence-corrected chi connectivity index (χ0v) is 17.3. The average molecular weight is 425 g/mol. The lowest BCUT2D eigenvalue weighted by Gasteiger charge is -2.19. The molecule has 1 aliphatic rings. The van der Waals surface area contributed by atoms with Crippen molar-refractivity contribution in [1.29, 1.82) is 0 Å². The Morgan fingerprint density at radius 3 is 2.61 bits per heavy atom. The van der Waals surface area contributed by atoms with E-state index in [2.05, 4.69) is 33.0 Å². The van der Waals surface area contributed by atoms with Gasteiger partial charge in [-0.1, -0.05) is 49.2 Å². The molecule has 2 aromatic carbocycles. The van der Waals surface area contributed by atoms with Crippen molar-refractivity contribution in [3.8, 4) is 11.4 Å². The number of hydrogen-bond donors (Lipinski definition) is 1. The molecule has 0 aliphatic heterocycles. The fourth-order valence-corrected chi connectivity index (χ4v) is 4.18. The molecular weight excluding hydrogens is 400 g/mol. The number of rotatable bonds is 8. The number of hydrogen-bond acceptors (Lipinski definition) is 5. The van der Waals surface area contributed by atoms with Crippen LogP contribution in [0.5, 0.6) is 5.75 Å². The summed E-state index contributed by atoms with van der Waals surface area (Å²) in [5.41, 5.74) is 2.89. The molecule has 1 aliphatic carbocycles. The Bertz CT molecular complexity index is 1020. The third kappa shape index (κ3) is 4.80. The van der Waals surface area contributed by atoms with E-state index in [9.17, 15) is 8.78 Å². The number of methoxy groups -OCH3 is 1. The Kier molecular flexibility index (Phi) is 6.66. The molecule has 6 nitrogen and oxygen atoms in total. The number of ether oxygens (including phenoxy) is 1. The molecule has 0 saturated heterocycles. The van der Waals surface area contributed by atoms with Gasteiger partial charge in [0.15, 0.2) is 5.82 Å². The highest BCUT2D eigenvalue weighted by molar-refractivity contribution is 5.47. The van der Waals surface area contributed by atoms with Gasteiger partial charge in [0.25, 0.3) is 6.08 Å². The first-order chi connectivity index (χ1) is 15.2. The third-order valence-electron chi connectivity index (χ3n) is 5.74. The molecule has 1 heterocycles. The molecular formula is C23H25F2N5O. The predicted octanol–water partition coefficient (Wildman–Crippen LogP) is 4.79. The predicted molar refractivity (Wildman–Crippen MR) is 114 cm³/mol. The summed E-state index contributed by atoms with van der Waals surface area (Å²) >= 11 is 0. The molecule has 3 aromatic rings. The van der Waals surface area contributed by atoms with Crippen molar-refractivity contribution in [1.82, 2.24) is 25.5 Å². The molecule has 1 aromatic heterocycles. The second-order valence-electron chi connectivity index (χ2n) is 7.60. The zero-order valence-electron chi connectivity index (χ0n) is 17.3. The summed E-state index contributed by atoms with van der Waals surface area (Å²) in [7, 11) is 1.58. The van der Waals surface area contributed by atoms with Gasteiger partial charge in [0.2, 0.25) is 0 Å². The molecule has 1 atom stereocenters. The van der Waals surface area contributed by atoms with Crippen molar-refractivity contribution in [2.24, 2.45) is 0 Å². The average Bonchev–Trinajstić information content (AvgIpc) is 3.49. The maximum absolute atomic E-state index is 12.7. The summed E-state index contributed by atoms with van der Waals surface area (Å²) in [6.07, 6.45) is 4.09. The van der Waals surface area contributed by atoms with E-state index in [0.717, 1.165) is 11.6 Å². The van der Waals surface area contributed by atoms with Crippen LogP contribution >= 0.6 is 0 Å². The molecule has 0 amide bonds. The van der Waals surface area contributed by atoms with E-state index in [1.54, 1.807) is 11.8 Å². The van der Waals surface area contributed by atoms with E-state index in [1.807, 2.05) is 36.4 Å². The number of nitrogens with one attached hydrogen (secondary N) is 1. The van der Waals surface area contributed by atoms with Crippen molar-refractivity contribution in [2.75, 3.05) is 13.7 Å². The van der Waals surface area contributed by atoms with E-state index in [1.165, 1.54) is 31.2 Å². The molecule has 1 unspecified atom stereocenters. The molecule has 162 valence electrons. The quantitative estimate of drug-likeness (QED) is 0.562. The number of nitrogens with zero attached hydrogens (tertiary/aromatic N) is 4. The largest absolute Gasteiger partial charge is 0.494 e. The first kappa shape index (κ1) is 21.1. The van der Waals surface area contributed by atoms with Crippen LogP contribution in [-0.4, -0.2) is 33.9 Å². The summed E-state index contributed by atoms with van der Waals surface area (Å²) < 4.78 is 32.3. The molecule has 0 radical (unpaired) electrons. The summed E-state index contributed by atoms with van der Waals surface area (Å²) in [5.74, 6) is 1.70. The molecule has 1 saturated carbocycles. The standard InChI is InChI=1S/C23H25F2N5O/c1-31-20-9-5-4-8-19(20)30-23(27-28-29-30)22(26-15-14-21(24)25)18-12-10-17(11-13-18)16-6-2-3-7-16/h4-5,8-14,16,22,26H,2-3,6-7,15H2,1H3. The minimum Gasteiger partial charge on any atom is -0.494 e. The van der Waals surface area contributed by atoms with Gasteiger partial charge in [0.05, 0.1) is 13.2 Å². The van der Waals surface area contributed by atoms with Crippen LogP contribution in [0.2, 0.25) is 0 Å². The van der Waals surface area contributed by atoms with Crippen molar-refractivity contribution in [3.05, 3.63) is 77.6 Å². The van der Waals surface area contributed by atoms with Gasteiger partial charge in [-0.25, -0.2) is 0 Å². The summed E-state index contributed by atoms with van der Waals surface area (Å²) in [5, 5.41) is 15.3. The number of aromatic nitrogens is 4. The summed E-state index contributed by atoms with van der Waals surface area (Å²) in [6.45, 7) is -0.0177. The maximum Gasteiger partial charge on any atom is 0.267 e. The maximum atomic E-state index is 12.7. The highest BCUT2D eigenvalue weighted by Gasteiger charge is 2.24. The van der Waals surface area contributed by atoms with Crippen LogP contribution in [0.4, 0.5) is 8.78 Å². The molecule has 1 fully saturated rings. The van der Waals surface area contributed by atoms with Crippen molar-refractivity contribution >= 4 is 0 Å². The van der Waals surface area contributed by atoms with Crippen LogP contribution in [-0.2, 0) is 0 Å². The van der Waals surface area contributed by atoms with Crippen molar-refractivity contribution < 1.29 is 13.5 Å². The van der Waals surface area contributed by atoms with Crippen LogP contribution in [0.1, 0.15) is 54.6 Å². The van der Waals surface area contributed by atoms with Gasteiger partial charge >= 0.3 is 0 Å². The Morgan fingerprint density at radius 1 is 1.16 bits per heavy atom. The van der Waals surface area contributed by atoms with E-state index >= 15 is 0 Å². The van der Waals surface area contributed by atoms with Crippen LogP contribution in [0.15, 0.2) is 60.7 Å². The van der Waals surface area contributed by atoms with Gasteiger partial charge in [-0.15, -0.1) is 5.10 Å². The van der Waals surface area contributed by atoms with E-state index in [-0.39, 0.29) is 6.54 Å². The smallest absolute Gasteiger partial charge is 0.267 e. The zero-order chi connectivity index (χ0) is 21.6. The summed E-state index contributed by atoms with van der Waals surface area (Å²) in [6, 6.07) is 15.2. The molecule has 8 heteroatoms. The molecule has 4 rings (SSSR count). The van der Waals surface area contributed by atoms with Gasteiger partial charge in [-0.2, -0.15) is 13.5 Å². The first-order valence-electron chi connectivity index (χ1n) is 10.4. The van der Waals surface area contributed by atoms with Gasteiger partial charge in [-0.05, 0) is 58.5 Å². The van der Waals surface area contributed by atoms with Crippen molar-refractivity contribution in [3.63, 3.8) is 0 Å². The molecule has 0 spiro atoms. The van der Waals surface area contributed by atoms with E-state index in [0.29, 0.717) is 23.2 Å². The minimum atomic E-state index is -1.73. The van der Waals surface area contributed by atoms with Crippen molar-refractivity contribution in [2.45, 2.75) is 37.6 Å². The molecule has 31 heavy (non-hydrogen) atoms. The molecule has 1 N–H and O–H groups in total.